The Morgan fingerprint density at radius 3 is 2.75 bits per heavy atom. The average Bonchev–Trinajstić information content (AvgIpc) is 2.38. The van der Waals surface area contributed by atoms with Crippen LogP contribution in [-0.4, -0.2) is 60.4 Å². The van der Waals surface area contributed by atoms with Crippen LogP contribution in [0, 0.1) is 0 Å². The standard InChI is InChI=1S/C11H23ClN4/c1-8(2)16-6-4-5-15(3)9-7-13-11(12)14-10(9)16/h8-11,13-14H,4-7H2,1-3H3. The summed E-state index contributed by atoms with van der Waals surface area (Å²) < 4.78 is 0. The van der Waals surface area contributed by atoms with Gasteiger partial charge in [0.1, 0.15) is 5.62 Å². The normalized spacial score (nSPS) is 38.4. The molecule has 2 aliphatic rings. The van der Waals surface area contributed by atoms with Gasteiger partial charge in [-0.25, -0.2) is 0 Å². The maximum Gasteiger partial charge on any atom is 0.136 e. The Kier molecular flexibility index (Phi) is 4.08. The number of halogens is 1. The molecular weight excluding hydrogens is 224 g/mol. The lowest BCUT2D eigenvalue weighted by molar-refractivity contribution is 0.0520. The molecule has 4 nitrogen and oxygen atoms in total. The number of rotatable bonds is 1. The summed E-state index contributed by atoms with van der Waals surface area (Å²) in [6.07, 6.45) is 1.60. The van der Waals surface area contributed by atoms with Gasteiger partial charge in [-0.05, 0) is 33.9 Å². The molecule has 0 spiro atoms. The van der Waals surface area contributed by atoms with Crippen molar-refractivity contribution in [2.45, 2.75) is 44.1 Å². The second-order valence-electron chi connectivity index (χ2n) is 5.12. The van der Waals surface area contributed by atoms with Gasteiger partial charge in [-0.2, -0.15) is 0 Å². The fourth-order valence-corrected chi connectivity index (χ4v) is 2.97. The largest absolute Gasteiger partial charge is 0.299 e. The molecule has 0 aromatic carbocycles. The molecule has 0 aliphatic carbocycles. The van der Waals surface area contributed by atoms with E-state index in [2.05, 4.69) is 41.3 Å². The molecule has 0 radical (unpaired) electrons. The van der Waals surface area contributed by atoms with Crippen LogP contribution in [0.4, 0.5) is 0 Å². The van der Waals surface area contributed by atoms with Crippen LogP contribution in [0.15, 0.2) is 0 Å². The molecule has 2 rings (SSSR count). The third kappa shape index (κ3) is 2.51. The highest BCUT2D eigenvalue weighted by atomic mass is 35.5. The quantitative estimate of drug-likeness (QED) is 0.519. The molecule has 2 N–H and O–H groups in total. The Morgan fingerprint density at radius 2 is 2.06 bits per heavy atom. The zero-order valence-corrected chi connectivity index (χ0v) is 11.2. The molecule has 2 saturated heterocycles. The van der Waals surface area contributed by atoms with Crippen LogP contribution in [0.1, 0.15) is 20.3 Å². The van der Waals surface area contributed by atoms with Crippen molar-refractivity contribution in [3.8, 4) is 0 Å². The summed E-state index contributed by atoms with van der Waals surface area (Å²) in [4.78, 5) is 4.97. The number of nitrogens with zero attached hydrogens (tertiary/aromatic N) is 2. The third-order valence-corrected chi connectivity index (χ3v) is 3.98. The molecule has 2 heterocycles. The fourth-order valence-electron chi connectivity index (χ4n) is 2.76. The van der Waals surface area contributed by atoms with E-state index in [4.69, 9.17) is 11.6 Å². The van der Waals surface area contributed by atoms with Crippen LogP contribution in [0.3, 0.4) is 0 Å². The molecule has 0 aromatic heterocycles. The minimum absolute atomic E-state index is 0.103. The van der Waals surface area contributed by atoms with E-state index in [0.717, 1.165) is 13.1 Å². The highest BCUT2D eigenvalue weighted by Crippen LogP contribution is 2.19. The summed E-state index contributed by atoms with van der Waals surface area (Å²) in [5, 5.41) is 6.74. The summed E-state index contributed by atoms with van der Waals surface area (Å²) in [5.41, 5.74) is -0.103. The van der Waals surface area contributed by atoms with E-state index < -0.39 is 0 Å². The van der Waals surface area contributed by atoms with Gasteiger partial charge in [0, 0.05) is 19.1 Å². The maximum absolute atomic E-state index is 6.14. The van der Waals surface area contributed by atoms with Crippen molar-refractivity contribution in [1.82, 2.24) is 20.4 Å². The van der Waals surface area contributed by atoms with E-state index in [1.165, 1.54) is 13.0 Å². The minimum Gasteiger partial charge on any atom is -0.299 e. The topological polar surface area (TPSA) is 30.5 Å². The summed E-state index contributed by atoms with van der Waals surface area (Å²) in [6.45, 7) is 7.80. The van der Waals surface area contributed by atoms with Crippen molar-refractivity contribution in [2.75, 3.05) is 26.7 Å². The SMILES string of the molecule is CC(C)N1CCCN(C)C2CNC(Cl)NC21. The smallest absolute Gasteiger partial charge is 0.136 e. The fraction of sp³-hybridized carbons (Fsp3) is 1.00. The van der Waals surface area contributed by atoms with E-state index in [1.54, 1.807) is 0 Å². The van der Waals surface area contributed by atoms with Gasteiger partial charge in [0.05, 0.1) is 12.2 Å². The first-order valence-corrected chi connectivity index (χ1v) is 6.62. The van der Waals surface area contributed by atoms with Crippen LogP contribution in [-0.2, 0) is 0 Å². The molecule has 0 amide bonds. The molecule has 94 valence electrons. The van der Waals surface area contributed by atoms with Crippen molar-refractivity contribution in [2.24, 2.45) is 0 Å². The predicted octanol–water partition coefficient (Wildman–Crippen LogP) is 0.442. The lowest BCUT2D eigenvalue weighted by Crippen LogP contribution is -2.68. The second kappa shape index (κ2) is 5.19. The van der Waals surface area contributed by atoms with E-state index in [-0.39, 0.29) is 5.62 Å². The highest BCUT2D eigenvalue weighted by molar-refractivity contribution is 6.20. The number of fused-ring (bicyclic) bond motifs is 1. The van der Waals surface area contributed by atoms with Gasteiger partial charge in [0.2, 0.25) is 0 Å². The Balaban J connectivity index is 2.15. The Bertz CT molecular complexity index is 232. The van der Waals surface area contributed by atoms with Gasteiger partial charge in [0.25, 0.3) is 0 Å². The van der Waals surface area contributed by atoms with E-state index in [0.29, 0.717) is 18.2 Å². The van der Waals surface area contributed by atoms with Crippen LogP contribution >= 0.6 is 11.6 Å². The van der Waals surface area contributed by atoms with Crippen LogP contribution in [0.25, 0.3) is 0 Å². The van der Waals surface area contributed by atoms with Crippen LogP contribution in [0.2, 0.25) is 0 Å². The van der Waals surface area contributed by atoms with Crippen molar-refractivity contribution >= 4 is 11.6 Å². The van der Waals surface area contributed by atoms with E-state index in [9.17, 15) is 0 Å². The van der Waals surface area contributed by atoms with Crippen LogP contribution in [0.5, 0.6) is 0 Å². The van der Waals surface area contributed by atoms with Crippen LogP contribution < -0.4 is 10.6 Å². The molecule has 0 bridgehead atoms. The minimum atomic E-state index is -0.103. The zero-order valence-electron chi connectivity index (χ0n) is 10.4. The van der Waals surface area contributed by atoms with E-state index in [1.807, 2.05) is 0 Å². The number of likely N-dealkylation sites (N-methyl/N-ethyl adjacent to an activating group) is 1. The van der Waals surface area contributed by atoms with Gasteiger partial charge >= 0.3 is 0 Å². The number of nitrogens with one attached hydrogen (secondary N) is 2. The zero-order chi connectivity index (χ0) is 11.7. The number of alkyl halides is 1. The molecule has 3 atom stereocenters. The van der Waals surface area contributed by atoms with Gasteiger partial charge in [-0.15, -0.1) is 0 Å². The molecule has 0 aromatic rings. The van der Waals surface area contributed by atoms with Crippen molar-refractivity contribution in [3.05, 3.63) is 0 Å². The molecule has 5 heteroatoms. The van der Waals surface area contributed by atoms with Crippen molar-refractivity contribution < 1.29 is 0 Å². The lowest BCUT2D eigenvalue weighted by atomic mass is 10.1. The predicted molar refractivity (Wildman–Crippen MR) is 67.4 cm³/mol. The first-order valence-electron chi connectivity index (χ1n) is 6.19. The van der Waals surface area contributed by atoms with Crippen molar-refractivity contribution in [3.63, 3.8) is 0 Å². The van der Waals surface area contributed by atoms with Gasteiger partial charge in [-0.3, -0.25) is 20.4 Å². The van der Waals surface area contributed by atoms with E-state index >= 15 is 0 Å². The Morgan fingerprint density at radius 1 is 1.31 bits per heavy atom. The molecule has 16 heavy (non-hydrogen) atoms. The summed E-state index contributed by atoms with van der Waals surface area (Å²) in [7, 11) is 2.21. The molecule has 2 fully saturated rings. The molecule has 0 saturated carbocycles. The molecular formula is C11H23ClN4. The number of hydrogen-bond donors (Lipinski definition) is 2. The first-order chi connectivity index (χ1) is 7.59. The highest BCUT2D eigenvalue weighted by Gasteiger charge is 2.37. The average molecular weight is 247 g/mol. The number of hydrogen-bond acceptors (Lipinski definition) is 4. The van der Waals surface area contributed by atoms with Crippen molar-refractivity contribution in [1.29, 1.82) is 0 Å². The molecule has 3 unspecified atom stereocenters. The summed E-state index contributed by atoms with van der Waals surface area (Å²) in [5.74, 6) is 0. The Hall–Kier alpha value is 0.130. The first kappa shape index (κ1) is 12.6. The summed E-state index contributed by atoms with van der Waals surface area (Å²) in [6, 6.07) is 1.08. The second-order valence-corrected chi connectivity index (χ2v) is 5.55. The Labute approximate surface area is 103 Å². The van der Waals surface area contributed by atoms with Gasteiger partial charge < -0.3 is 0 Å². The molecule has 2 aliphatic heterocycles. The third-order valence-electron chi connectivity index (χ3n) is 3.70. The maximum atomic E-state index is 6.14. The lowest BCUT2D eigenvalue weighted by Gasteiger charge is -2.45. The summed E-state index contributed by atoms with van der Waals surface area (Å²) >= 11 is 6.14. The van der Waals surface area contributed by atoms with Gasteiger partial charge in [-0.1, -0.05) is 11.6 Å². The monoisotopic (exact) mass is 246 g/mol. The van der Waals surface area contributed by atoms with Gasteiger partial charge in [0.15, 0.2) is 0 Å².